The summed E-state index contributed by atoms with van der Waals surface area (Å²) < 4.78 is 34.5. The molecular weight excluding hydrogens is 233 g/mol. The van der Waals surface area contributed by atoms with Crippen LogP contribution in [0.1, 0.15) is 5.56 Å². The maximum Gasteiger partial charge on any atom is 0.148 e. The summed E-state index contributed by atoms with van der Waals surface area (Å²) in [6, 6.07) is 3.73. The SMILES string of the molecule is CS(=O)(=O)CCNCc1cc(O)cc(F)c1. The van der Waals surface area contributed by atoms with E-state index in [4.69, 9.17) is 5.11 Å². The molecule has 1 aromatic rings. The minimum Gasteiger partial charge on any atom is -0.508 e. The Labute approximate surface area is 94.0 Å². The van der Waals surface area contributed by atoms with E-state index in [0.717, 1.165) is 12.3 Å². The lowest BCUT2D eigenvalue weighted by Crippen LogP contribution is -2.21. The first-order valence-electron chi connectivity index (χ1n) is 4.74. The number of rotatable bonds is 5. The molecule has 90 valence electrons. The van der Waals surface area contributed by atoms with Gasteiger partial charge in [0.25, 0.3) is 0 Å². The number of nitrogens with one attached hydrogen (secondary N) is 1. The first-order valence-corrected chi connectivity index (χ1v) is 6.80. The van der Waals surface area contributed by atoms with Crippen molar-refractivity contribution in [3.8, 4) is 5.75 Å². The number of phenols is 1. The standard InChI is InChI=1S/C10H14FNO3S/c1-16(14,15)3-2-12-7-8-4-9(11)6-10(13)5-8/h4-6,12-13H,2-3,7H2,1H3. The number of aromatic hydroxyl groups is 1. The lowest BCUT2D eigenvalue weighted by molar-refractivity contribution is 0.467. The Kier molecular flexibility index (Phi) is 4.26. The largest absolute Gasteiger partial charge is 0.508 e. The van der Waals surface area contributed by atoms with Crippen molar-refractivity contribution in [2.75, 3.05) is 18.6 Å². The maximum atomic E-state index is 12.8. The molecular formula is C10H14FNO3S. The molecule has 6 heteroatoms. The fourth-order valence-electron chi connectivity index (χ4n) is 1.23. The average Bonchev–Trinajstić information content (AvgIpc) is 2.09. The van der Waals surface area contributed by atoms with E-state index in [-0.39, 0.29) is 11.5 Å². The van der Waals surface area contributed by atoms with E-state index in [2.05, 4.69) is 5.32 Å². The van der Waals surface area contributed by atoms with Gasteiger partial charge in [-0.25, -0.2) is 12.8 Å². The number of halogens is 1. The molecule has 0 aliphatic heterocycles. The molecule has 4 nitrogen and oxygen atoms in total. The van der Waals surface area contributed by atoms with Gasteiger partial charge in [0.1, 0.15) is 21.4 Å². The summed E-state index contributed by atoms with van der Waals surface area (Å²) in [7, 11) is -2.98. The second-order valence-electron chi connectivity index (χ2n) is 3.62. The zero-order valence-corrected chi connectivity index (χ0v) is 9.72. The summed E-state index contributed by atoms with van der Waals surface area (Å²) in [5, 5.41) is 12.0. The highest BCUT2D eigenvalue weighted by Gasteiger charge is 2.02. The molecule has 0 spiro atoms. The number of benzene rings is 1. The van der Waals surface area contributed by atoms with Crippen LogP contribution in [0, 0.1) is 5.82 Å². The van der Waals surface area contributed by atoms with Gasteiger partial charge >= 0.3 is 0 Å². The Bertz CT molecular complexity index is 439. The van der Waals surface area contributed by atoms with Gasteiger partial charge in [0.15, 0.2) is 0 Å². The molecule has 0 atom stereocenters. The Morgan fingerprint density at radius 3 is 2.62 bits per heavy atom. The van der Waals surface area contributed by atoms with Crippen molar-refractivity contribution in [1.29, 1.82) is 0 Å². The maximum absolute atomic E-state index is 12.8. The van der Waals surface area contributed by atoms with Crippen molar-refractivity contribution in [3.05, 3.63) is 29.6 Å². The van der Waals surface area contributed by atoms with Crippen LogP contribution in [0.4, 0.5) is 4.39 Å². The third-order valence-corrected chi connectivity index (χ3v) is 2.87. The number of phenolic OH excluding ortho intramolecular Hbond substituents is 1. The predicted octanol–water partition coefficient (Wildman–Crippen LogP) is 0.665. The van der Waals surface area contributed by atoms with Gasteiger partial charge in [-0.1, -0.05) is 0 Å². The smallest absolute Gasteiger partial charge is 0.148 e. The van der Waals surface area contributed by atoms with E-state index in [9.17, 15) is 12.8 Å². The van der Waals surface area contributed by atoms with E-state index in [1.165, 1.54) is 12.1 Å². The Morgan fingerprint density at radius 1 is 1.38 bits per heavy atom. The van der Waals surface area contributed by atoms with Gasteiger partial charge in [-0.05, 0) is 17.7 Å². The molecule has 0 amide bonds. The Balaban J connectivity index is 2.43. The number of sulfone groups is 1. The zero-order chi connectivity index (χ0) is 12.2. The lowest BCUT2D eigenvalue weighted by Gasteiger charge is -2.05. The van der Waals surface area contributed by atoms with Crippen LogP contribution in [0.25, 0.3) is 0 Å². The van der Waals surface area contributed by atoms with Gasteiger partial charge < -0.3 is 10.4 Å². The number of hydrogen-bond donors (Lipinski definition) is 2. The van der Waals surface area contributed by atoms with Crippen LogP contribution in [-0.4, -0.2) is 32.1 Å². The second-order valence-corrected chi connectivity index (χ2v) is 5.88. The molecule has 1 rings (SSSR count). The van der Waals surface area contributed by atoms with E-state index in [1.54, 1.807) is 0 Å². The van der Waals surface area contributed by atoms with E-state index < -0.39 is 15.7 Å². The second kappa shape index (κ2) is 5.27. The highest BCUT2D eigenvalue weighted by molar-refractivity contribution is 7.90. The molecule has 0 aromatic heterocycles. The van der Waals surface area contributed by atoms with Crippen LogP contribution in [0.15, 0.2) is 18.2 Å². The van der Waals surface area contributed by atoms with Gasteiger partial charge in [-0.2, -0.15) is 0 Å². The molecule has 16 heavy (non-hydrogen) atoms. The molecule has 0 aliphatic rings. The van der Waals surface area contributed by atoms with E-state index in [0.29, 0.717) is 18.7 Å². The minimum atomic E-state index is -2.98. The molecule has 0 aliphatic carbocycles. The van der Waals surface area contributed by atoms with Crippen LogP contribution in [0.2, 0.25) is 0 Å². The normalized spacial score (nSPS) is 11.6. The van der Waals surface area contributed by atoms with Crippen molar-refractivity contribution in [2.24, 2.45) is 0 Å². The average molecular weight is 247 g/mol. The van der Waals surface area contributed by atoms with Crippen molar-refractivity contribution in [1.82, 2.24) is 5.32 Å². The van der Waals surface area contributed by atoms with Crippen molar-refractivity contribution in [3.63, 3.8) is 0 Å². The molecule has 0 saturated carbocycles. The van der Waals surface area contributed by atoms with E-state index in [1.807, 2.05) is 0 Å². The first-order chi connectivity index (χ1) is 7.37. The zero-order valence-electron chi connectivity index (χ0n) is 8.90. The van der Waals surface area contributed by atoms with Gasteiger partial charge in [-0.3, -0.25) is 0 Å². The Morgan fingerprint density at radius 2 is 2.06 bits per heavy atom. The van der Waals surface area contributed by atoms with Gasteiger partial charge in [0.05, 0.1) is 5.75 Å². The van der Waals surface area contributed by atoms with Gasteiger partial charge in [-0.15, -0.1) is 0 Å². The minimum absolute atomic E-state index is 0.0360. The molecule has 0 saturated heterocycles. The van der Waals surface area contributed by atoms with Crippen LogP contribution in [-0.2, 0) is 16.4 Å². The molecule has 2 N–H and O–H groups in total. The third-order valence-electron chi connectivity index (χ3n) is 1.92. The lowest BCUT2D eigenvalue weighted by atomic mass is 10.2. The van der Waals surface area contributed by atoms with Crippen molar-refractivity contribution < 1.29 is 17.9 Å². The molecule has 0 unspecified atom stereocenters. The highest BCUT2D eigenvalue weighted by Crippen LogP contribution is 2.14. The topological polar surface area (TPSA) is 66.4 Å². The van der Waals surface area contributed by atoms with Gasteiger partial charge in [0.2, 0.25) is 0 Å². The third kappa shape index (κ3) is 5.09. The van der Waals surface area contributed by atoms with Crippen molar-refractivity contribution in [2.45, 2.75) is 6.54 Å². The van der Waals surface area contributed by atoms with Crippen LogP contribution in [0.3, 0.4) is 0 Å². The molecule has 1 aromatic carbocycles. The summed E-state index contributed by atoms with van der Waals surface area (Å²) >= 11 is 0. The number of hydrogen-bond acceptors (Lipinski definition) is 4. The fourth-order valence-corrected chi connectivity index (χ4v) is 1.74. The molecule has 0 heterocycles. The van der Waals surface area contributed by atoms with E-state index >= 15 is 0 Å². The van der Waals surface area contributed by atoms with Crippen molar-refractivity contribution >= 4 is 9.84 Å². The Hall–Kier alpha value is -1.14. The predicted molar refractivity (Wildman–Crippen MR) is 59.5 cm³/mol. The quantitative estimate of drug-likeness (QED) is 0.750. The summed E-state index contributed by atoms with van der Waals surface area (Å²) in [6.45, 7) is 0.622. The monoisotopic (exact) mass is 247 g/mol. The van der Waals surface area contributed by atoms with Crippen LogP contribution >= 0.6 is 0 Å². The summed E-state index contributed by atoms with van der Waals surface area (Å²) in [6.07, 6.45) is 1.16. The van der Waals surface area contributed by atoms with Gasteiger partial charge in [0, 0.05) is 25.4 Å². The van der Waals surface area contributed by atoms with Crippen LogP contribution < -0.4 is 5.32 Å². The first kappa shape index (κ1) is 12.9. The summed E-state index contributed by atoms with van der Waals surface area (Å²) in [4.78, 5) is 0. The summed E-state index contributed by atoms with van der Waals surface area (Å²) in [5.74, 6) is -0.617. The summed E-state index contributed by atoms with van der Waals surface area (Å²) in [5.41, 5.74) is 0.575. The van der Waals surface area contributed by atoms with Crippen LogP contribution in [0.5, 0.6) is 5.75 Å². The molecule has 0 radical (unpaired) electrons. The highest BCUT2D eigenvalue weighted by atomic mass is 32.2. The molecule has 0 fully saturated rings. The fraction of sp³-hybridized carbons (Fsp3) is 0.400. The molecule has 0 bridgehead atoms.